The van der Waals surface area contributed by atoms with E-state index in [1.54, 1.807) is 6.08 Å². The first-order valence-electron chi connectivity index (χ1n) is 10.9. The number of hydrogen-bond acceptors (Lipinski definition) is 6. The molecule has 1 N–H and O–H groups in total. The number of carbonyl (C=O) groups excluding carboxylic acids is 1. The minimum Gasteiger partial charge on any atom is -0.266 e. The molecule has 0 fully saturated rings. The van der Waals surface area contributed by atoms with Crippen molar-refractivity contribution < 1.29 is 18.1 Å². The topological polar surface area (TPSA) is 124 Å². The van der Waals surface area contributed by atoms with E-state index in [1.807, 2.05) is 63.6 Å². The van der Waals surface area contributed by atoms with Crippen molar-refractivity contribution in [1.29, 1.82) is 0 Å². The molecule has 1 amide bonds. The second-order valence-corrected chi connectivity index (χ2v) is 11.1. The number of nitrogens with one attached hydrogen (secondary N) is 1. The van der Waals surface area contributed by atoms with Gasteiger partial charge in [0.15, 0.2) is 0 Å². The quantitative estimate of drug-likeness (QED) is 0.375. The fourth-order valence-corrected chi connectivity index (χ4v) is 4.40. The molecular formula is C25H28N4O5S. The van der Waals surface area contributed by atoms with Crippen molar-refractivity contribution in [3.63, 3.8) is 0 Å². The SMILES string of the molecule is Cc1cccc(C)c1Cn1nc(/C=C/C(C)(C)C)cc1C(=O)NS(=O)(=O)c1cccc([N+](=O)[O-])c1. The van der Waals surface area contributed by atoms with Crippen molar-refractivity contribution in [2.75, 3.05) is 0 Å². The Bertz CT molecular complexity index is 1400. The lowest BCUT2D eigenvalue weighted by atomic mass is 9.96. The van der Waals surface area contributed by atoms with Gasteiger partial charge >= 0.3 is 0 Å². The van der Waals surface area contributed by atoms with Crippen molar-refractivity contribution in [2.24, 2.45) is 5.41 Å². The van der Waals surface area contributed by atoms with Crippen LogP contribution in [0.2, 0.25) is 0 Å². The summed E-state index contributed by atoms with van der Waals surface area (Å²) in [6.45, 7) is 10.3. The van der Waals surface area contributed by atoms with Gasteiger partial charge in [0.25, 0.3) is 21.6 Å². The first kappa shape index (κ1) is 25.8. The van der Waals surface area contributed by atoms with Crippen LogP contribution in [0.15, 0.2) is 59.5 Å². The molecule has 0 spiro atoms. The highest BCUT2D eigenvalue weighted by Crippen LogP contribution is 2.21. The molecule has 184 valence electrons. The van der Waals surface area contributed by atoms with Crippen LogP contribution < -0.4 is 4.72 Å². The maximum Gasteiger partial charge on any atom is 0.283 e. The summed E-state index contributed by atoms with van der Waals surface area (Å²) in [7, 11) is -4.36. The fourth-order valence-electron chi connectivity index (χ4n) is 3.40. The summed E-state index contributed by atoms with van der Waals surface area (Å²) in [5.41, 5.74) is 3.04. The maximum absolute atomic E-state index is 13.1. The fraction of sp³-hybridized carbons (Fsp3) is 0.280. The predicted molar refractivity (Wildman–Crippen MR) is 133 cm³/mol. The summed E-state index contributed by atoms with van der Waals surface area (Å²) in [5, 5.41) is 15.6. The third kappa shape index (κ3) is 6.42. The van der Waals surface area contributed by atoms with Crippen molar-refractivity contribution in [3.8, 4) is 0 Å². The Morgan fingerprint density at radius 2 is 1.74 bits per heavy atom. The summed E-state index contributed by atoms with van der Waals surface area (Å²) in [4.78, 5) is 23.1. The van der Waals surface area contributed by atoms with Crippen LogP contribution in [-0.4, -0.2) is 29.0 Å². The molecule has 9 nitrogen and oxygen atoms in total. The first-order chi connectivity index (χ1) is 16.3. The lowest BCUT2D eigenvalue weighted by Gasteiger charge is -2.13. The monoisotopic (exact) mass is 496 g/mol. The van der Waals surface area contributed by atoms with Crippen molar-refractivity contribution in [1.82, 2.24) is 14.5 Å². The minimum absolute atomic E-state index is 0.0511. The molecular weight excluding hydrogens is 468 g/mol. The lowest BCUT2D eigenvalue weighted by molar-refractivity contribution is -0.385. The normalized spacial score (nSPS) is 12.1. The molecule has 0 atom stereocenters. The number of nitrogens with zero attached hydrogens (tertiary/aromatic N) is 3. The lowest BCUT2D eigenvalue weighted by Crippen LogP contribution is -2.32. The van der Waals surface area contributed by atoms with Crippen LogP contribution in [0.1, 0.15) is 53.6 Å². The van der Waals surface area contributed by atoms with E-state index < -0.39 is 26.5 Å². The van der Waals surface area contributed by atoms with Gasteiger partial charge in [-0.15, -0.1) is 0 Å². The van der Waals surface area contributed by atoms with Crippen molar-refractivity contribution in [2.45, 2.75) is 46.1 Å². The average Bonchev–Trinajstić information content (AvgIpc) is 3.17. The third-order valence-electron chi connectivity index (χ3n) is 5.30. The van der Waals surface area contributed by atoms with Gasteiger partial charge in [0.2, 0.25) is 0 Å². The number of amides is 1. The number of non-ortho nitro benzene ring substituents is 1. The molecule has 0 saturated carbocycles. The van der Waals surface area contributed by atoms with Crippen molar-refractivity contribution >= 4 is 27.7 Å². The number of carbonyl (C=O) groups is 1. The smallest absolute Gasteiger partial charge is 0.266 e. The average molecular weight is 497 g/mol. The van der Waals surface area contributed by atoms with Crippen LogP contribution in [0, 0.1) is 29.4 Å². The van der Waals surface area contributed by atoms with Gasteiger partial charge in [-0.25, -0.2) is 13.1 Å². The van der Waals surface area contributed by atoms with Crippen LogP contribution in [0.25, 0.3) is 6.08 Å². The van der Waals surface area contributed by atoms with Crippen LogP contribution in [0.3, 0.4) is 0 Å². The molecule has 0 aliphatic carbocycles. The van der Waals surface area contributed by atoms with E-state index >= 15 is 0 Å². The molecule has 1 aromatic heterocycles. The van der Waals surface area contributed by atoms with Crippen LogP contribution in [-0.2, 0) is 16.6 Å². The van der Waals surface area contributed by atoms with E-state index in [0.29, 0.717) is 5.69 Å². The van der Waals surface area contributed by atoms with E-state index in [2.05, 4.69) is 5.10 Å². The number of hydrogen-bond donors (Lipinski definition) is 1. The van der Waals surface area contributed by atoms with E-state index in [1.165, 1.54) is 28.9 Å². The molecule has 10 heteroatoms. The Morgan fingerprint density at radius 3 is 2.34 bits per heavy atom. The Kier molecular flexibility index (Phi) is 7.25. The van der Waals surface area contributed by atoms with Gasteiger partial charge in [-0.3, -0.25) is 19.6 Å². The number of aromatic nitrogens is 2. The largest absolute Gasteiger partial charge is 0.283 e. The molecule has 1 heterocycles. The van der Waals surface area contributed by atoms with Gasteiger partial charge in [-0.1, -0.05) is 51.1 Å². The zero-order valence-corrected chi connectivity index (χ0v) is 21.1. The number of aryl methyl sites for hydroxylation is 2. The Balaban J connectivity index is 2.00. The van der Waals surface area contributed by atoms with Crippen molar-refractivity contribution in [3.05, 3.63) is 92.8 Å². The number of rotatable bonds is 7. The highest BCUT2D eigenvalue weighted by molar-refractivity contribution is 7.90. The zero-order valence-electron chi connectivity index (χ0n) is 20.3. The third-order valence-corrected chi connectivity index (χ3v) is 6.63. The molecule has 0 aliphatic rings. The number of sulfonamides is 1. The minimum atomic E-state index is -4.36. The zero-order chi connectivity index (χ0) is 26.0. The van der Waals surface area contributed by atoms with Crippen LogP contribution in [0.4, 0.5) is 5.69 Å². The molecule has 0 radical (unpaired) electrons. The summed E-state index contributed by atoms with van der Waals surface area (Å²) in [5.74, 6) is -0.884. The molecule has 2 aromatic carbocycles. The molecule has 0 bridgehead atoms. The second kappa shape index (κ2) is 9.83. The van der Waals surface area contributed by atoms with E-state index in [0.717, 1.165) is 22.8 Å². The number of nitro groups is 1. The maximum atomic E-state index is 13.1. The van der Waals surface area contributed by atoms with E-state index in [9.17, 15) is 23.3 Å². The molecule has 3 rings (SSSR count). The van der Waals surface area contributed by atoms with Gasteiger partial charge in [-0.2, -0.15) is 5.10 Å². The number of benzene rings is 2. The predicted octanol–water partition coefficient (Wildman–Crippen LogP) is 4.63. The van der Waals surface area contributed by atoms with Gasteiger partial charge in [0.05, 0.1) is 22.1 Å². The van der Waals surface area contributed by atoms with E-state index in [4.69, 9.17) is 0 Å². The molecule has 0 saturated heterocycles. The van der Waals surface area contributed by atoms with Crippen LogP contribution >= 0.6 is 0 Å². The molecule has 3 aromatic rings. The Morgan fingerprint density at radius 1 is 1.11 bits per heavy atom. The van der Waals surface area contributed by atoms with Gasteiger partial charge in [-0.05, 0) is 54.2 Å². The standard InChI is InChI=1S/C25H28N4O5S/c1-17-8-6-9-18(2)22(17)16-28-23(14-19(26-28)12-13-25(3,4)5)24(30)27-35(33,34)21-11-7-10-20(15-21)29(31)32/h6-15H,16H2,1-5H3,(H,27,30)/b13-12+. The van der Waals surface area contributed by atoms with Gasteiger partial charge < -0.3 is 0 Å². The summed E-state index contributed by atoms with van der Waals surface area (Å²) in [6, 6.07) is 11.9. The summed E-state index contributed by atoms with van der Waals surface area (Å²) < 4.78 is 29.2. The highest BCUT2D eigenvalue weighted by atomic mass is 32.2. The summed E-state index contributed by atoms with van der Waals surface area (Å²) >= 11 is 0. The first-order valence-corrected chi connectivity index (χ1v) is 12.4. The van der Waals surface area contributed by atoms with Crippen LogP contribution in [0.5, 0.6) is 0 Å². The Hall–Kier alpha value is -3.79. The molecule has 0 aliphatic heterocycles. The second-order valence-electron chi connectivity index (χ2n) is 9.37. The highest BCUT2D eigenvalue weighted by Gasteiger charge is 2.24. The van der Waals surface area contributed by atoms with Gasteiger partial charge in [0, 0.05) is 12.1 Å². The number of allylic oxidation sites excluding steroid dienone is 1. The number of nitro benzene ring substituents is 1. The summed E-state index contributed by atoms with van der Waals surface area (Å²) in [6.07, 6.45) is 3.73. The van der Waals surface area contributed by atoms with Gasteiger partial charge in [0.1, 0.15) is 5.69 Å². The molecule has 35 heavy (non-hydrogen) atoms. The molecule has 0 unspecified atom stereocenters. The Labute approximate surface area is 204 Å². The van der Waals surface area contributed by atoms with E-state index in [-0.39, 0.29) is 22.5 Å².